The van der Waals surface area contributed by atoms with Crippen molar-refractivity contribution in [1.82, 2.24) is 10.3 Å². The molecule has 0 spiro atoms. The Morgan fingerprint density at radius 2 is 2.16 bits per heavy atom. The summed E-state index contributed by atoms with van der Waals surface area (Å²) < 4.78 is 0. The molecule has 19 heavy (non-hydrogen) atoms. The van der Waals surface area contributed by atoms with Crippen LogP contribution in [-0.2, 0) is 4.79 Å². The van der Waals surface area contributed by atoms with Crippen LogP contribution in [0.15, 0.2) is 18.3 Å². The standard InChI is InChI=1S/C13H19N3O3/c1-4-8(2)11(12(17)18)16-13(19)15-10-6-5-7-14-9(10)3/h5-8,11H,4H2,1-3H3,(H,17,18)(H2,15,16,19)/t8?,11-/m0/s1. The van der Waals surface area contributed by atoms with Gasteiger partial charge in [-0.25, -0.2) is 9.59 Å². The molecule has 1 aromatic heterocycles. The van der Waals surface area contributed by atoms with Crippen molar-refractivity contribution in [2.24, 2.45) is 5.92 Å². The monoisotopic (exact) mass is 265 g/mol. The van der Waals surface area contributed by atoms with Gasteiger partial charge in [0.25, 0.3) is 0 Å². The normalized spacial score (nSPS) is 13.4. The van der Waals surface area contributed by atoms with Crippen LogP contribution in [0.25, 0.3) is 0 Å². The van der Waals surface area contributed by atoms with Crippen molar-refractivity contribution in [2.45, 2.75) is 33.2 Å². The van der Waals surface area contributed by atoms with Crippen LogP contribution in [0.4, 0.5) is 10.5 Å². The van der Waals surface area contributed by atoms with Gasteiger partial charge in [0.1, 0.15) is 6.04 Å². The minimum Gasteiger partial charge on any atom is -0.480 e. The third-order valence-electron chi connectivity index (χ3n) is 3.02. The number of carboxylic acids is 1. The summed E-state index contributed by atoms with van der Waals surface area (Å²) in [6.45, 7) is 5.43. The van der Waals surface area contributed by atoms with Gasteiger partial charge in [-0.1, -0.05) is 20.3 Å². The quantitative estimate of drug-likeness (QED) is 0.759. The van der Waals surface area contributed by atoms with E-state index in [2.05, 4.69) is 15.6 Å². The van der Waals surface area contributed by atoms with E-state index in [0.717, 1.165) is 0 Å². The zero-order valence-corrected chi connectivity index (χ0v) is 11.3. The van der Waals surface area contributed by atoms with Gasteiger partial charge in [-0.05, 0) is 25.0 Å². The minimum absolute atomic E-state index is 0.141. The third-order valence-corrected chi connectivity index (χ3v) is 3.02. The average molecular weight is 265 g/mol. The second kappa shape index (κ2) is 6.72. The molecule has 1 rings (SSSR count). The number of rotatable bonds is 5. The van der Waals surface area contributed by atoms with E-state index in [0.29, 0.717) is 17.8 Å². The van der Waals surface area contributed by atoms with Crippen LogP contribution in [0, 0.1) is 12.8 Å². The molecule has 0 aliphatic carbocycles. The lowest BCUT2D eigenvalue weighted by Gasteiger charge is -2.20. The number of urea groups is 1. The molecule has 0 bridgehead atoms. The summed E-state index contributed by atoms with van der Waals surface area (Å²) >= 11 is 0. The van der Waals surface area contributed by atoms with Crippen molar-refractivity contribution in [2.75, 3.05) is 5.32 Å². The smallest absolute Gasteiger partial charge is 0.326 e. The molecule has 6 nitrogen and oxygen atoms in total. The Labute approximate surface area is 112 Å². The number of pyridine rings is 1. The number of aryl methyl sites for hydroxylation is 1. The largest absolute Gasteiger partial charge is 0.480 e. The highest BCUT2D eigenvalue weighted by atomic mass is 16.4. The predicted molar refractivity (Wildman–Crippen MR) is 72.0 cm³/mol. The van der Waals surface area contributed by atoms with Crippen LogP contribution < -0.4 is 10.6 Å². The zero-order valence-electron chi connectivity index (χ0n) is 11.3. The van der Waals surface area contributed by atoms with Crippen molar-refractivity contribution in [1.29, 1.82) is 0 Å². The third kappa shape index (κ3) is 4.24. The fraction of sp³-hybridized carbons (Fsp3) is 0.462. The maximum atomic E-state index is 11.8. The lowest BCUT2D eigenvalue weighted by molar-refractivity contribution is -0.140. The number of carboxylic acid groups (broad SMARTS) is 1. The summed E-state index contributed by atoms with van der Waals surface area (Å²) in [6.07, 6.45) is 2.29. The number of nitrogens with zero attached hydrogens (tertiary/aromatic N) is 1. The van der Waals surface area contributed by atoms with Crippen molar-refractivity contribution in [3.05, 3.63) is 24.0 Å². The Kier molecular flexibility index (Phi) is 5.29. The van der Waals surface area contributed by atoms with Crippen LogP contribution in [-0.4, -0.2) is 28.1 Å². The molecule has 0 aromatic carbocycles. The van der Waals surface area contributed by atoms with Crippen LogP contribution in [0.5, 0.6) is 0 Å². The molecule has 0 aliphatic heterocycles. The summed E-state index contributed by atoms with van der Waals surface area (Å²) in [4.78, 5) is 26.9. The van der Waals surface area contributed by atoms with E-state index >= 15 is 0 Å². The highest BCUT2D eigenvalue weighted by molar-refractivity contribution is 5.92. The van der Waals surface area contributed by atoms with E-state index in [9.17, 15) is 9.59 Å². The number of anilines is 1. The Balaban J connectivity index is 2.68. The van der Waals surface area contributed by atoms with E-state index in [1.54, 1.807) is 32.2 Å². The molecule has 1 heterocycles. The number of hydrogen-bond acceptors (Lipinski definition) is 3. The SMILES string of the molecule is CCC(C)[C@H](NC(=O)Nc1cccnc1C)C(=O)O. The fourth-order valence-corrected chi connectivity index (χ4v) is 1.60. The Morgan fingerprint density at radius 1 is 1.47 bits per heavy atom. The van der Waals surface area contributed by atoms with E-state index in [1.807, 2.05) is 6.92 Å². The number of aromatic nitrogens is 1. The van der Waals surface area contributed by atoms with Crippen molar-refractivity contribution < 1.29 is 14.7 Å². The molecule has 1 aromatic rings. The second-order valence-electron chi connectivity index (χ2n) is 4.44. The van der Waals surface area contributed by atoms with Gasteiger partial charge in [0.15, 0.2) is 0 Å². The van der Waals surface area contributed by atoms with Gasteiger partial charge >= 0.3 is 12.0 Å². The zero-order chi connectivity index (χ0) is 14.4. The fourth-order valence-electron chi connectivity index (χ4n) is 1.60. The highest BCUT2D eigenvalue weighted by Crippen LogP contribution is 2.11. The summed E-state index contributed by atoms with van der Waals surface area (Å²) in [5, 5.41) is 14.2. The van der Waals surface area contributed by atoms with Crippen molar-refractivity contribution >= 4 is 17.7 Å². The number of amides is 2. The van der Waals surface area contributed by atoms with Gasteiger partial charge in [-0.2, -0.15) is 0 Å². The summed E-state index contributed by atoms with van der Waals surface area (Å²) in [7, 11) is 0. The van der Waals surface area contributed by atoms with E-state index in [-0.39, 0.29) is 5.92 Å². The molecule has 0 saturated carbocycles. The summed E-state index contributed by atoms with van der Waals surface area (Å²) in [5.41, 5.74) is 1.24. The summed E-state index contributed by atoms with van der Waals surface area (Å²) in [5.74, 6) is -1.18. The lowest BCUT2D eigenvalue weighted by Crippen LogP contribution is -2.46. The van der Waals surface area contributed by atoms with Gasteiger partial charge < -0.3 is 15.7 Å². The van der Waals surface area contributed by atoms with Gasteiger partial charge in [0.2, 0.25) is 0 Å². The van der Waals surface area contributed by atoms with E-state index < -0.39 is 18.0 Å². The van der Waals surface area contributed by atoms with Gasteiger partial charge in [0, 0.05) is 6.20 Å². The number of aliphatic carboxylic acids is 1. The molecular formula is C13H19N3O3. The van der Waals surface area contributed by atoms with Crippen LogP contribution in [0.1, 0.15) is 26.0 Å². The average Bonchev–Trinajstić information content (AvgIpc) is 2.37. The lowest BCUT2D eigenvalue weighted by atomic mass is 9.99. The topological polar surface area (TPSA) is 91.3 Å². The van der Waals surface area contributed by atoms with Crippen LogP contribution in [0.3, 0.4) is 0 Å². The first kappa shape index (κ1) is 14.9. The number of carbonyl (C=O) groups excluding carboxylic acids is 1. The molecule has 2 amide bonds. The van der Waals surface area contributed by atoms with Crippen LogP contribution in [0.2, 0.25) is 0 Å². The number of nitrogens with one attached hydrogen (secondary N) is 2. The van der Waals surface area contributed by atoms with Gasteiger partial charge in [-0.3, -0.25) is 4.98 Å². The maximum absolute atomic E-state index is 11.8. The number of carbonyl (C=O) groups is 2. The first-order chi connectivity index (χ1) is 8.95. The first-order valence-corrected chi connectivity index (χ1v) is 6.17. The molecular weight excluding hydrogens is 246 g/mol. The van der Waals surface area contributed by atoms with Gasteiger partial charge in [-0.15, -0.1) is 0 Å². The molecule has 2 atom stereocenters. The van der Waals surface area contributed by atoms with E-state index in [4.69, 9.17) is 5.11 Å². The second-order valence-corrected chi connectivity index (χ2v) is 4.44. The maximum Gasteiger partial charge on any atom is 0.326 e. The molecule has 1 unspecified atom stereocenters. The Hall–Kier alpha value is -2.11. The van der Waals surface area contributed by atoms with Crippen molar-refractivity contribution in [3.8, 4) is 0 Å². The molecule has 0 fully saturated rings. The molecule has 0 saturated heterocycles. The van der Waals surface area contributed by atoms with Crippen LogP contribution >= 0.6 is 0 Å². The first-order valence-electron chi connectivity index (χ1n) is 6.17. The summed E-state index contributed by atoms with van der Waals surface area (Å²) in [6, 6.07) is 1.97. The highest BCUT2D eigenvalue weighted by Gasteiger charge is 2.25. The Morgan fingerprint density at radius 3 is 2.68 bits per heavy atom. The molecule has 0 aliphatic rings. The van der Waals surface area contributed by atoms with Gasteiger partial charge in [0.05, 0.1) is 11.4 Å². The predicted octanol–water partition coefficient (Wildman–Crippen LogP) is 2.01. The molecule has 0 radical (unpaired) electrons. The molecule has 3 N–H and O–H groups in total. The number of hydrogen-bond donors (Lipinski definition) is 3. The van der Waals surface area contributed by atoms with E-state index in [1.165, 1.54) is 0 Å². The molecule has 6 heteroatoms. The molecule has 104 valence electrons. The minimum atomic E-state index is -1.03. The van der Waals surface area contributed by atoms with Crippen molar-refractivity contribution in [3.63, 3.8) is 0 Å². The Bertz CT molecular complexity index is 462.